The minimum Gasteiger partial charge on any atom is -0.300 e. The highest BCUT2D eigenvalue weighted by molar-refractivity contribution is 5.00. The molecule has 0 spiro atoms. The molecule has 1 saturated heterocycles. The van der Waals surface area contributed by atoms with Gasteiger partial charge in [-0.05, 0) is 58.4 Å². The molecular formula is C17H33FN2. The molecule has 0 bridgehead atoms. The van der Waals surface area contributed by atoms with Crippen LogP contribution in [0.15, 0.2) is 0 Å². The van der Waals surface area contributed by atoms with E-state index in [1.54, 1.807) is 0 Å². The molecule has 1 aliphatic carbocycles. The lowest BCUT2D eigenvalue weighted by atomic mass is 9.79. The molecule has 3 heteroatoms. The standard InChI is InChI=1S/C17H33FN2/c1-13(2)15-6-8-16(9-7-15)19(5)10-17(18)11-20(12-17)14(3)4/h13-16H,6-12H2,1-5H3. The lowest BCUT2D eigenvalue weighted by Gasteiger charge is -2.49. The molecule has 0 aromatic carbocycles. The first-order chi connectivity index (χ1) is 9.31. The molecule has 0 atom stereocenters. The van der Waals surface area contributed by atoms with Crippen LogP contribution in [-0.4, -0.2) is 54.2 Å². The minimum absolute atomic E-state index is 0.477. The Morgan fingerprint density at radius 3 is 2.10 bits per heavy atom. The molecule has 1 aliphatic heterocycles. The van der Waals surface area contributed by atoms with Crippen LogP contribution in [0, 0.1) is 11.8 Å². The maximum absolute atomic E-state index is 14.6. The molecule has 1 saturated carbocycles. The van der Waals surface area contributed by atoms with Gasteiger partial charge in [0.1, 0.15) is 5.67 Å². The summed E-state index contributed by atoms with van der Waals surface area (Å²) in [7, 11) is 2.12. The number of hydrogen-bond acceptors (Lipinski definition) is 2. The molecule has 2 rings (SSSR count). The predicted octanol–water partition coefficient (Wildman–Crippen LogP) is 3.57. The molecule has 20 heavy (non-hydrogen) atoms. The van der Waals surface area contributed by atoms with E-state index in [0.717, 1.165) is 11.8 Å². The van der Waals surface area contributed by atoms with Gasteiger partial charge in [-0.15, -0.1) is 0 Å². The Morgan fingerprint density at radius 1 is 1.10 bits per heavy atom. The monoisotopic (exact) mass is 284 g/mol. The SMILES string of the molecule is CC(C)C1CCC(N(C)CC2(F)CN(C(C)C)C2)CC1. The zero-order valence-electron chi connectivity index (χ0n) is 14.0. The van der Waals surface area contributed by atoms with Crippen LogP contribution in [0.25, 0.3) is 0 Å². The normalized spacial score (nSPS) is 31.1. The summed E-state index contributed by atoms with van der Waals surface area (Å²) in [6, 6.07) is 1.08. The van der Waals surface area contributed by atoms with Gasteiger partial charge in [0, 0.05) is 31.7 Å². The van der Waals surface area contributed by atoms with Crippen LogP contribution < -0.4 is 0 Å². The first-order valence-corrected chi connectivity index (χ1v) is 8.44. The topological polar surface area (TPSA) is 6.48 Å². The second-order valence-corrected chi connectivity index (χ2v) is 7.88. The second-order valence-electron chi connectivity index (χ2n) is 7.88. The van der Waals surface area contributed by atoms with Gasteiger partial charge in [-0.25, -0.2) is 4.39 Å². The Morgan fingerprint density at radius 2 is 1.65 bits per heavy atom. The van der Waals surface area contributed by atoms with Gasteiger partial charge in [0.25, 0.3) is 0 Å². The molecule has 118 valence electrons. The number of likely N-dealkylation sites (tertiary alicyclic amines) is 1. The molecule has 2 aliphatic rings. The summed E-state index contributed by atoms with van der Waals surface area (Å²) in [5.74, 6) is 1.69. The van der Waals surface area contributed by atoms with E-state index in [2.05, 4.69) is 44.5 Å². The van der Waals surface area contributed by atoms with Crippen LogP contribution in [0.4, 0.5) is 4.39 Å². The fourth-order valence-corrected chi connectivity index (χ4v) is 3.93. The zero-order chi connectivity index (χ0) is 14.9. The van der Waals surface area contributed by atoms with E-state index in [0.29, 0.717) is 31.7 Å². The first-order valence-electron chi connectivity index (χ1n) is 8.44. The maximum Gasteiger partial charge on any atom is 0.148 e. The highest BCUT2D eigenvalue weighted by Gasteiger charge is 2.45. The van der Waals surface area contributed by atoms with Crippen molar-refractivity contribution in [1.82, 2.24) is 9.80 Å². The van der Waals surface area contributed by atoms with Gasteiger partial charge < -0.3 is 4.90 Å². The third-order valence-corrected chi connectivity index (χ3v) is 5.54. The Labute approximate surface area is 124 Å². The molecule has 0 aromatic rings. The molecule has 0 N–H and O–H groups in total. The molecule has 1 heterocycles. The maximum atomic E-state index is 14.6. The lowest BCUT2D eigenvalue weighted by molar-refractivity contribution is -0.0726. The molecule has 0 unspecified atom stereocenters. The van der Waals surface area contributed by atoms with E-state index in [9.17, 15) is 4.39 Å². The van der Waals surface area contributed by atoms with Gasteiger partial charge >= 0.3 is 0 Å². The van der Waals surface area contributed by atoms with Crippen molar-refractivity contribution in [2.45, 2.75) is 71.1 Å². The third-order valence-electron chi connectivity index (χ3n) is 5.54. The quantitative estimate of drug-likeness (QED) is 0.761. The van der Waals surface area contributed by atoms with Gasteiger partial charge in [-0.3, -0.25) is 4.90 Å². The van der Waals surface area contributed by atoms with E-state index < -0.39 is 5.67 Å². The van der Waals surface area contributed by atoms with Gasteiger partial charge in [0.15, 0.2) is 0 Å². The predicted molar refractivity (Wildman–Crippen MR) is 83.8 cm³/mol. The Kier molecular flexibility index (Phi) is 5.12. The molecular weight excluding hydrogens is 251 g/mol. The van der Waals surface area contributed by atoms with Gasteiger partial charge in [-0.1, -0.05) is 13.8 Å². The second kappa shape index (κ2) is 6.31. The van der Waals surface area contributed by atoms with E-state index >= 15 is 0 Å². The number of rotatable bonds is 5. The van der Waals surface area contributed by atoms with Crippen molar-refractivity contribution < 1.29 is 4.39 Å². The zero-order valence-corrected chi connectivity index (χ0v) is 14.0. The fraction of sp³-hybridized carbons (Fsp3) is 1.00. The van der Waals surface area contributed by atoms with Crippen molar-refractivity contribution in [2.24, 2.45) is 11.8 Å². The van der Waals surface area contributed by atoms with Crippen LogP contribution in [-0.2, 0) is 0 Å². The highest BCUT2D eigenvalue weighted by Crippen LogP contribution is 2.34. The number of alkyl halides is 1. The van der Waals surface area contributed by atoms with Crippen LogP contribution >= 0.6 is 0 Å². The molecule has 0 radical (unpaired) electrons. The summed E-state index contributed by atoms with van der Waals surface area (Å²) in [4.78, 5) is 4.53. The number of halogens is 1. The third kappa shape index (κ3) is 3.73. The van der Waals surface area contributed by atoms with Crippen LogP contribution in [0.3, 0.4) is 0 Å². The molecule has 0 amide bonds. The smallest absolute Gasteiger partial charge is 0.148 e. The largest absolute Gasteiger partial charge is 0.300 e. The highest BCUT2D eigenvalue weighted by atomic mass is 19.1. The average Bonchev–Trinajstić information content (AvgIpc) is 2.35. The Balaban J connectivity index is 1.75. The van der Waals surface area contributed by atoms with Crippen molar-refractivity contribution in [3.05, 3.63) is 0 Å². The van der Waals surface area contributed by atoms with Crippen LogP contribution in [0.5, 0.6) is 0 Å². The van der Waals surface area contributed by atoms with Gasteiger partial charge in [-0.2, -0.15) is 0 Å². The average molecular weight is 284 g/mol. The summed E-state index contributed by atoms with van der Waals surface area (Å²) in [6.07, 6.45) is 5.15. The van der Waals surface area contributed by atoms with Crippen molar-refractivity contribution in [1.29, 1.82) is 0 Å². The van der Waals surface area contributed by atoms with Gasteiger partial charge in [0.05, 0.1) is 0 Å². The first kappa shape index (κ1) is 16.2. The summed E-state index contributed by atoms with van der Waals surface area (Å²) < 4.78 is 14.6. The van der Waals surface area contributed by atoms with Crippen LogP contribution in [0.2, 0.25) is 0 Å². The summed E-state index contributed by atoms with van der Waals surface area (Å²) >= 11 is 0. The van der Waals surface area contributed by atoms with Crippen molar-refractivity contribution in [3.63, 3.8) is 0 Å². The summed E-state index contributed by atoms with van der Waals surface area (Å²) in [5, 5.41) is 0. The van der Waals surface area contributed by atoms with E-state index in [1.807, 2.05) is 0 Å². The number of nitrogens with zero attached hydrogens (tertiary/aromatic N) is 2. The summed E-state index contributed by atoms with van der Waals surface area (Å²) in [6.45, 7) is 10.8. The van der Waals surface area contributed by atoms with E-state index in [1.165, 1.54) is 25.7 Å². The van der Waals surface area contributed by atoms with Gasteiger partial charge in [0.2, 0.25) is 0 Å². The van der Waals surface area contributed by atoms with Crippen molar-refractivity contribution >= 4 is 0 Å². The molecule has 0 aromatic heterocycles. The summed E-state index contributed by atoms with van der Waals surface area (Å²) in [5.41, 5.74) is -0.964. The molecule has 2 nitrogen and oxygen atoms in total. The van der Waals surface area contributed by atoms with E-state index in [4.69, 9.17) is 0 Å². The van der Waals surface area contributed by atoms with Crippen molar-refractivity contribution in [2.75, 3.05) is 26.7 Å². The Hall–Kier alpha value is -0.150. The fourth-order valence-electron chi connectivity index (χ4n) is 3.93. The van der Waals surface area contributed by atoms with Crippen molar-refractivity contribution in [3.8, 4) is 0 Å². The Bertz CT molecular complexity index is 302. The lowest BCUT2D eigenvalue weighted by Crippen LogP contribution is -2.65. The number of hydrogen-bond donors (Lipinski definition) is 0. The minimum atomic E-state index is -0.964. The molecule has 2 fully saturated rings. The van der Waals surface area contributed by atoms with Crippen LogP contribution in [0.1, 0.15) is 53.4 Å². The van der Waals surface area contributed by atoms with E-state index in [-0.39, 0.29) is 0 Å².